The van der Waals surface area contributed by atoms with Gasteiger partial charge in [-0.1, -0.05) is 12.1 Å². The average Bonchev–Trinajstić information content (AvgIpc) is 3.34. The van der Waals surface area contributed by atoms with Gasteiger partial charge >= 0.3 is 0 Å². The molecule has 1 aromatic carbocycles. The van der Waals surface area contributed by atoms with E-state index in [2.05, 4.69) is 42.5 Å². The van der Waals surface area contributed by atoms with Gasteiger partial charge in [0.25, 0.3) is 0 Å². The molecule has 150 valence electrons. The lowest BCUT2D eigenvalue weighted by Gasteiger charge is -2.13. The molecule has 0 radical (unpaired) electrons. The zero-order chi connectivity index (χ0) is 21.3. The molecule has 30 heavy (non-hydrogen) atoms. The number of amides is 1. The van der Waals surface area contributed by atoms with Crippen LogP contribution in [0, 0.1) is 25.2 Å². The first kappa shape index (κ1) is 19.8. The summed E-state index contributed by atoms with van der Waals surface area (Å²) in [5, 5.41) is 20.7. The van der Waals surface area contributed by atoms with Crippen molar-refractivity contribution in [3.8, 4) is 11.8 Å². The van der Waals surface area contributed by atoms with Crippen molar-refractivity contribution in [3.63, 3.8) is 0 Å². The first-order chi connectivity index (χ1) is 14.5. The molecule has 0 aliphatic carbocycles. The predicted molar refractivity (Wildman–Crippen MR) is 115 cm³/mol. The number of rotatable bonds is 5. The Hall–Kier alpha value is -3.51. The second-order valence-corrected chi connectivity index (χ2v) is 7.75. The highest BCUT2D eigenvalue weighted by molar-refractivity contribution is 9.10. The molecule has 3 aromatic heterocycles. The number of nitriles is 1. The highest BCUT2D eigenvalue weighted by Gasteiger charge is 2.15. The Kier molecular flexibility index (Phi) is 5.33. The molecule has 4 aromatic rings. The summed E-state index contributed by atoms with van der Waals surface area (Å²) in [6, 6.07) is 9.61. The van der Waals surface area contributed by atoms with E-state index in [0.717, 1.165) is 27.1 Å². The summed E-state index contributed by atoms with van der Waals surface area (Å²) in [5.74, 6) is -0.106. The van der Waals surface area contributed by atoms with Crippen LogP contribution in [0.2, 0.25) is 0 Å². The molecule has 0 bridgehead atoms. The van der Waals surface area contributed by atoms with Crippen LogP contribution in [-0.2, 0) is 11.2 Å². The highest BCUT2D eigenvalue weighted by atomic mass is 79.9. The van der Waals surface area contributed by atoms with E-state index in [9.17, 15) is 10.1 Å². The molecule has 0 saturated carbocycles. The van der Waals surface area contributed by atoms with Crippen LogP contribution in [0.15, 0.2) is 47.3 Å². The van der Waals surface area contributed by atoms with Crippen molar-refractivity contribution in [2.75, 3.05) is 5.32 Å². The summed E-state index contributed by atoms with van der Waals surface area (Å²) in [5.41, 5.74) is 5.08. The molecular formula is C21H18BrN7O. The van der Waals surface area contributed by atoms with Gasteiger partial charge in [0, 0.05) is 24.0 Å². The maximum atomic E-state index is 12.7. The first-order valence-electron chi connectivity index (χ1n) is 9.31. The van der Waals surface area contributed by atoms with Gasteiger partial charge in [-0.25, -0.2) is 14.2 Å². The van der Waals surface area contributed by atoms with Crippen LogP contribution < -0.4 is 5.32 Å². The second-order valence-electron chi connectivity index (χ2n) is 6.84. The molecule has 9 heteroatoms. The van der Waals surface area contributed by atoms with Gasteiger partial charge in [0.05, 0.1) is 28.2 Å². The average molecular weight is 464 g/mol. The van der Waals surface area contributed by atoms with Crippen LogP contribution >= 0.6 is 15.9 Å². The summed E-state index contributed by atoms with van der Waals surface area (Å²) >= 11 is 3.39. The lowest BCUT2D eigenvalue weighted by Crippen LogP contribution is -2.15. The number of fused-ring (bicyclic) bond motifs is 1. The SMILES string of the molecule is Cc1nc2c(C#N)cnn2c(C)c1CCC(=O)Nc1ccccc1-n1cc(Br)cn1. The van der Waals surface area contributed by atoms with Crippen molar-refractivity contribution in [3.05, 3.63) is 69.8 Å². The Balaban J connectivity index is 1.52. The van der Waals surface area contributed by atoms with Crippen LogP contribution in [0.25, 0.3) is 11.3 Å². The zero-order valence-corrected chi connectivity index (χ0v) is 18.0. The Bertz CT molecular complexity index is 1300. The van der Waals surface area contributed by atoms with Gasteiger partial charge in [0.1, 0.15) is 11.6 Å². The molecule has 0 fully saturated rings. The minimum Gasteiger partial charge on any atom is -0.324 e. The zero-order valence-electron chi connectivity index (χ0n) is 16.4. The standard InChI is InChI=1S/C21H18BrN7O/c1-13-17(14(2)29-21(26-13)15(9-23)10-25-29)7-8-20(30)27-18-5-3-4-6-19(18)28-12-16(22)11-24-28/h3-6,10-12H,7-8H2,1-2H3,(H,27,30). The normalized spacial score (nSPS) is 10.9. The number of benzene rings is 1. The minimum atomic E-state index is -0.106. The summed E-state index contributed by atoms with van der Waals surface area (Å²) in [7, 11) is 0. The maximum Gasteiger partial charge on any atom is 0.224 e. The molecule has 1 N–H and O–H groups in total. The third-order valence-electron chi connectivity index (χ3n) is 4.91. The molecule has 3 heterocycles. The Morgan fingerprint density at radius 3 is 2.77 bits per heavy atom. The number of carbonyl (C=O) groups excluding carboxylic acids is 1. The summed E-state index contributed by atoms with van der Waals surface area (Å²) < 4.78 is 4.22. The predicted octanol–water partition coefficient (Wildman–Crippen LogP) is 3.74. The molecule has 0 aliphatic rings. The smallest absolute Gasteiger partial charge is 0.224 e. The molecule has 8 nitrogen and oxygen atoms in total. The van der Waals surface area contributed by atoms with Crippen LogP contribution in [-0.4, -0.2) is 30.3 Å². The van der Waals surface area contributed by atoms with Crippen molar-refractivity contribution in [1.29, 1.82) is 5.26 Å². The number of nitrogens with one attached hydrogen (secondary N) is 1. The van der Waals surface area contributed by atoms with Gasteiger partial charge in [-0.3, -0.25) is 4.79 Å². The van der Waals surface area contributed by atoms with Crippen LogP contribution in [0.4, 0.5) is 5.69 Å². The molecular weight excluding hydrogens is 446 g/mol. The fourth-order valence-corrected chi connectivity index (χ4v) is 3.70. The van der Waals surface area contributed by atoms with Crippen LogP contribution in [0.3, 0.4) is 0 Å². The van der Waals surface area contributed by atoms with Crippen molar-refractivity contribution in [2.24, 2.45) is 0 Å². The summed E-state index contributed by atoms with van der Waals surface area (Å²) in [4.78, 5) is 17.2. The van der Waals surface area contributed by atoms with Crippen molar-refractivity contribution in [1.82, 2.24) is 24.4 Å². The molecule has 0 aliphatic heterocycles. The van der Waals surface area contributed by atoms with E-state index in [1.54, 1.807) is 15.4 Å². The number of hydrogen-bond donors (Lipinski definition) is 1. The van der Waals surface area contributed by atoms with Gasteiger partial charge < -0.3 is 5.32 Å². The number of halogens is 1. The van der Waals surface area contributed by atoms with Crippen molar-refractivity contribution in [2.45, 2.75) is 26.7 Å². The fourth-order valence-electron chi connectivity index (χ4n) is 3.41. The largest absolute Gasteiger partial charge is 0.324 e. The molecule has 4 rings (SSSR count). The number of nitrogens with zero attached hydrogens (tertiary/aromatic N) is 6. The minimum absolute atomic E-state index is 0.106. The number of aryl methyl sites for hydroxylation is 2. The summed E-state index contributed by atoms with van der Waals surface area (Å²) in [6.07, 6.45) is 5.84. The fraction of sp³-hybridized carbons (Fsp3) is 0.190. The summed E-state index contributed by atoms with van der Waals surface area (Å²) in [6.45, 7) is 3.81. The van der Waals surface area contributed by atoms with Gasteiger partial charge in [-0.2, -0.15) is 15.5 Å². The second kappa shape index (κ2) is 8.08. The Labute approximate surface area is 181 Å². The van der Waals surface area contributed by atoms with E-state index in [-0.39, 0.29) is 5.91 Å². The Morgan fingerprint density at radius 2 is 2.03 bits per heavy atom. The first-order valence-corrected chi connectivity index (χ1v) is 10.1. The monoisotopic (exact) mass is 463 g/mol. The molecule has 0 unspecified atom stereocenters. The number of carbonyl (C=O) groups is 1. The maximum absolute atomic E-state index is 12.7. The molecule has 0 saturated heterocycles. The topological polar surface area (TPSA) is 101 Å². The number of para-hydroxylation sites is 2. The van der Waals surface area contributed by atoms with Gasteiger partial charge in [0.2, 0.25) is 5.91 Å². The van der Waals surface area contributed by atoms with E-state index >= 15 is 0 Å². The quantitative estimate of drug-likeness (QED) is 0.485. The van der Waals surface area contributed by atoms with Gasteiger partial charge in [-0.05, 0) is 53.9 Å². The number of aromatic nitrogens is 5. The highest BCUT2D eigenvalue weighted by Crippen LogP contribution is 2.22. The molecule has 1 amide bonds. The Morgan fingerprint density at radius 1 is 1.23 bits per heavy atom. The molecule has 0 spiro atoms. The lowest BCUT2D eigenvalue weighted by atomic mass is 10.1. The van der Waals surface area contributed by atoms with Crippen molar-refractivity contribution >= 4 is 33.2 Å². The van der Waals surface area contributed by atoms with Crippen molar-refractivity contribution < 1.29 is 4.79 Å². The van der Waals surface area contributed by atoms with E-state index in [4.69, 9.17) is 0 Å². The third kappa shape index (κ3) is 3.69. The van der Waals surface area contributed by atoms with E-state index in [0.29, 0.717) is 29.7 Å². The van der Waals surface area contributed by atoms with E-state index in [1.165, 1.54) is 6.20 Å². The van der Waals surface area contributed by atoms with Crippen LogP contribution in [0.1, 0.15) is 28.9 Å². The molecule has 0 atom stereocenters. The van der Waals surface area contributed by atoms with Crippen LogP contribution in [0.5, 0.6) is 0 Å². The van der Waals surface area contributed by atoms with E-state index in [1.807, 2.05) is 44.3 Å². The lowest BCUT2D eigenvalue weighted by molar-refractivity contribution is -0.116. The van der Waals surface area contributed by atoms with E-state index < -0.39 is 0 Å². The number of hydrogen-bond acceptors (Lipinski definition) is 5. The van der Waals surface area contributed by atoms with Gasteiger partial charge in [0.15, 0.2) is 5.65 Å². The number of anilines is 1. The van der Waals surface area contributed by atoms with Gasteiger partial charge in [-0.15, -0.1) is 0 Å². The third-order valence-corrected chi connectivity index (χ3v) is 5.32.